The van der Waals surface area contributed by atoms with Gasteiger partial charge in [-0.25, -0.2) is 0 Å². The summed E-state index contributed by atoms with van der Waals surface area (Å²) in [5.74, 6) is -0.0978. The van der Waals surface area contributed by atoms with Gasteiger partial charge in [-0.1, -0.05) is 18.9 Å². The van der Waals surface area contributed by atoms with Crippen molar-refractivity contribution in [1.29, 1.82) is 0 Å². The van der Waals surface area contributed by atoms with Crippen LogP contribution in [0, 0.1) is 5.92 Å². The van der Waals surface area contributed by atoms with Crippen molar-refractivity contribution in [2.24, 2.45) is 5.92 Å². The summed E-state index contributed by atoms with van der Waals surface area (Å²) in [4.78, 5) is 15.7. The van der Waals surface area contributed by atoms with Gasteiger partial charge < -0.3 is 9.64 Å². The summed E-state index contributed by atoms with van der Waals surface area (Å²) < 4.78 is 4.97. The normalized spacial score (nSPS) is 18.8. The predicted molar refractivity (Wildman–Crippen MR) is 78.4 cm³/mol. The number of likely N-dealkylation sites (tertiary alicyclic amines) is 1. The topological polar surface area (TPSA) is 29.5 Å². The zero-order chi connectivity index (χ0) is 13.5. The molecule has 0 saturated carbocycles. The maximum Gasteiger partial charge on any atom is 0.310 e. The van der Waals surface area contributed by atoms with Gasteiger partial charge >= 0.3 is 5.97 Å². The fourth-order valence-electron chi connectivity index (χ4n) is 2.69. The molecule has 3 nitrogen and oxygen atoms in total. The first-order valence-corrected chi connectivity index (χ1v) is 8.00. The highest BCUT2D eigenvalue weighted by Crippen LogP contribution is 2.18. The molecule has 0 amide bonds. The molecule has 0 radical (unpaired) electrons. The lowest BCUT2D eigenvalue weighted by Crippen LogP contribution is -2.35. The second-order valence-corrected chi connectivity index (χ2v) is 6.25. The summed E-state index contributed by atoms with van der Waals surface area (Å²) in [7, 11) is 1.49. The third-order valence-electron chi connectivity index (χ3n) is 3.74. The molecule has 1 aromatic rings. The Morgan fingerprint density at radius 3 is 2.68 bits per heavy atom. The molecule has 0 aromatic carbocycles. The average molecular weight is 281 g/mol. The van der Waals surface area contributed by atoms with Crippen molar-refractivity contribution in [1.82, 2.24) is 4.90 Å². The molecule has 2 rings (SSSR count). The summed E-state index contributed by atoms with van der Waals surface area (Å²) in [6.45, 7) is 3.08. The third-order valence-corrected chi connectivity index (χ3v) is 4.64. The Bertz CT molecular complexity index is 370. The predicted octanol–water partition coefficient (Wildman–Crippen LogP) is 2.96. The molecule has 0 spiro atoms. The van der Waals surface area contributed by atoms with Crippen LogP contribution >= 0.6 is 11.3 Å². The Balaban J connectivity index is 1.94. The summed E-state index contributed by atoms with van der Waals surface area (Å²) in [6, 6.07) is 4.14. The van der Waals surface area contributed by atoms with Gasteiger partial charge in [0.25, 0.3) is 0 Å². The Morgan fingerprint density at radius 1 is 1.37 bits per heavy atom. The summed E-state index contributed by atoms with van der Waals surface area (Å²) in [5.41, 5.74) is 0. The number of thiophene rings is 1. The van der Waals surface area contributed by atoms with Gasteiger partial charge in [-0.05, 0) is 43.8 Å². The smallest absolute Gasteiger partial charge is 0.310 e. The van der Waals surface area contributed by atoms with E-state index >= 15 is 0 Å². The average Bonchev–Trinajstić information content (AvgIpc) is 2.80. The lowest BCUT2D eigenvalue weighted by atomic mass is 10.0. The van der Waals surface area contributed by atoms with E-state index in [1.807, 2.05) is 6.07 Å². The van der Waals surface area contributed by atoms with Crippen LogP contribution in [-0.4, -0.2) is 37.6 Å². The second kappa shape index (κ2) is 7.65. The molecule has 19 heavy (non-hydrogen) atoms. The van der Waals surface area contributed by atoms with Crippen LogP contribution in [0.4, 0.5) is 0 Å². The van der Waals surface area contributed by atoms with Crippen LogP contribution in [-0.2, 0) is 16.0 Å². The molecule has 4 heteroatoms. The number of hydrogen-bond acceptors (Lipinski definition) is 4. The fraction of sp³-hybridized carbons (Fsp3) is 0.667. The van der Waals surface area contributed by atoms with E-state index in [4.69, 9.17) is 4.74 Å². The fourth-order valence-corrected chi connectivity index (χ4v) is 3.48. The van der Waals surface area contributed by atoms with Crippen LogP contribution in [0.15, 0.2) is 17.5 Å². The van der Waals surface area contributed by atoms with Gasteiger partial charge in [0.1, 0.15) is 0 Å². The van der Waals surface area contributed by atoms with Crippen LogP contribution in [0.3, 0.4) is 0 Å². The van der Waals surface area contributed by atoms with E-state index in [-0.39, 0.29) is 11.9 Å². The molecule has 1 fully saturated rings. The first kappa shape index (κ1) is 14.5. The molecule has 0 bridgehead atoms. The van der Waals surface area contributed by atoms with Crippen molar-refractivity contribution in [3.8, 4) is 0 Å². The van der Waals surface area contributed by atoms with Crippen LogP contribution in [0.5, 0.6) is 0 Å². The number of carbonyl (C=O) groups excluding carboxylic acids is 1. The minimum absolute atomic E-state index is 0.0262. The van der Waals surface area contributed by atoms with Gasteiger partial charge in [-0.2, -0.15) is 0 Å². The summed E-state index contributed by atoms with van der Waals surface area (Å²) in [5, 5.41) is 2.07. The number of rotatable bonds is 5. The zero-order valence-corrected chi connectivity index (χ0v) is 12.5. The monoisotopic (exact) mass is 281 g/mol. The third kappa shape index (κ3) is 4.62. The number of methoxy groups -OCH3 is 1. The second-order valence-electron chi connectivity index (χ2n) is 5.22. The maximum atomic E-state index is 12.0. The number of carbonyl (C=O) groups is 1. The van der Waals surface area contributed by atoms with Crippen molar-refractivity contribution in [3.05, 3.63) is 22.4 Å². The Hall–Kier alpha value is -0.870. The van der Waals surface area contributed by atoms with Gasteiger partial charge in [0.2, 0.25) is 0 Å². The maximum absolute atomic E-state index is 12.0. The molecule has 1 aromatic heterocycles. The molecular weight excluding hydrogens is 258 g/mol. The van der Waals surface area contributed by atoms with E-state index < -0.39 is 0 Å². The highest BCUT2D eigenvalue weighted by molar-refractivity contribution is 7.09. The molecular formula is C15H23NO2S. The molecule has 0 aliphatic carbocycles. The molecule has 2 heterocycles. The van der Waals surface area contributed by atoms with Crippen molar-refractivity contribution < 1.29 is 9.53 Å². The number of esters is 1. The Labute approximate surface area is 119 Å². The van der Waals surface area contributed by atoms with Gasteiger partial charge in [-0.15, -0.1) is 11.3 Å². The first-order valence-electron chi connectivity index (χ1n) is 7.12. The first-order chi connectivity index (χ1) is 9.29. The van der Waals surface area contributed by atoms with Crippen LogP contribution in [0.1, 0.15) is 30.6 Å². The number of ether oxygens (including phenoxy) is 1. The summed E-state index contributed by atoms with van der Waals surface area (Å²) in [6.07, 6.45) is 5.97. The molecule has 106 valence electrons. The Kier molecular flexibility index (Phi) is 5.86. The van der Waals surface area contributed by atoms with Gasteiger partial charge in [-0.3, -0.25) is 4.79 Å². The van der Waals surface area contributed by atoms with E-state index in [1.165, 1.54) is 37.7 Å². The lowest BCUT2D eigenvalue weighted by Gasteiger charge is -2.24. The van der Waals surface area contributed by atoms with Crippen molar-refractivity contribution in [3.63, 3.8) is 0 Å². The zero-order valence-electron chi connectivity index (χ0n) is 11.6. The molecule has 0 N–H and O–H groups in total. The molecule has 1 saturated heterocycles. The van der Waals surface area contributed by atoms with Gasteiger partial charge in [0, 0.05) is 11.4 Å². The minimum atomic E-state index is -0.0716. The van der Waals surface area contributed by atoms with Crippen LogP contribution < -0.4 is 0 Å². The SMILES string of the molecule is COC(=O)C(Cc1cccs1)CN1CCCCCC1. The van der Waals surface area contributed by atoms with E-state index in [1.54, 1.807) is 11.3 Å². The van der Waals surface area contributed by atoms with Crippen LogP contribution in [0.25, 0.3) is 0 Å². The quantitative estimate of drug-likeness (QED) is 0.777. The van der Waals surface area contributed by atoms with E-state index in [0.717, 1.165) is 26.1 Å². The molecule has 1 unspecified atom stereocenters. The molecule has 1 aliphatic heterocycles. The molecule has 1 aliphatic rings. The van der Waals surface area contributed by atoms with Crippen molar-refractivity contribution in [2.45, 2.75) is 32.1 Å². The van der Waals surface area contributed by atoms with Gasteiger partial charge in [0.05, 0.1) is 13.0 Å². The van der Waals surface area contributed by atoms with E-state index in [2.05, 4.69) is 16.3 Å². The van der Waals surface area contributed by atoms with E-state index in [9.17, 15) is 4.79 Å². The van der Waals surface area contributed by atoms with Gasteiger partial charge in [0.15, 0.2) is 0 Å². The van der Waals surface area contributed by atoms with Crippen molar-refractivity contribution >= 4 is 17.3 Å². The Morgan fingerprint density at radius 2 is 2.11 bits per heavy atom. The minimum Gasteiger partial charge on any atom is -0.469 e. The van der Waals surface area contributed by atoms with Crippen molar-refractivity contribution in [2.75, 3.05) is 26.7 Å². The number of nitrogens with zero attached hydrogens (tertiary/aromatic N) is 1. The highest BCUT2D eigenvalue weighted by atomic mass is 32.1. The molecule has 1 atom stereocenters. The highest BCUT2D eigenvalue weighted by Gasteiger charge is 2.23. The largest absolute Gasteiger partial charge is 0.469 e. The lowest BCUT2D eigenvalue weighted by molar-refractivity contribution is -0.146. The van der Waals surface area contributed by atoms with E-state index in [0.29, 0.717) is 0 Å². The summed E-state index contributed by atoms with van der Waals surface area (Å²) >= 11 is 1.72. The van der Waals surface area contributed by atoms with Crippen LogP contribution in [0.2, 0.25) is 0 Å². The standard InChI is InChI=1S/C15H23NO2S/c1-18-15(17)13(11-14-7-6-10-19-14)12-16-8-4-2-3-5-9-16/h6-7,10,13H,2-5,8-9,11-12H2,1H3. The number of hydrogen-bond donors (Lipinski definition) is 0.